The Labute approximate surface area is 93.1 Å². The summed E-state index contributed by atoms with van der Waals surface area (Å²) in [7, 11) is 0. The minimum Gasteiger partial charge on any atom is -0.481 e. The quantitative estimate of drug-likeness (QED) is 0.597. The van der Waals surface area contributed by atoms with Crippen molar-refractivity contribution in [3.63, 3.8) is 0 Å². The number of hydrogen-bond acceptors (Lipinski definition) is 2. The highest BCUT2D eigenvalue weighted by atomic mass is 16.4. The fourth-order valence-corrected chi connectivity index (χ4v) is 1.74. The molecule has 1 aliphatic carbocycles. The van der Waals surface area contributed by atoms with E-state index in [0.717, 1.165) is 11.1 Å². The van der Waals surface area contributed by atoms with Crippen LogP contribution >= 0.6 is 0 Å². The van der Waals surface area contributed by atoms with Crippen molar-refractivity contribution in [2.24, 2.45) is 0 Å². The molecule has 0 heterocycles. The van der Waals surface area contributed by atoms with Crippen LogP contribution in [0.2, 0.25) is 0 Å². The van der Waals surface area contributed by atoms with Crippen LogP contribution in [0.1, 0.15) is 24.0 Å². The summed E-state index contributed by atoms with van der Waals surface area (Å²) in [6, 6.07) is 7.04. The third kappa shape index (κ3) is 1.70. The summed E-state index contributed by atoms with van der Waals surface area (Å²) in [6.45, 7) is 0. The Balaban J connectivity index is 2.26. The summed E-state index contributed by atoms with van der Waals surface area (Å²) in [5.74, 6) is 4.21. The Kier molecular flexibility index (Phi) is 2.49. The maximum atomic E-state index is 11.1. The second kappa shape index (κ2) is 3.82. The molecule has 80 valence electrons. The van der Waals surface area contributed by atoms with Crippen LogP contribution in [0.3, 0.4) is 0 Å². The van der Waals surface area contributed by atoms with Gasteiger partial charge < -0.3 is 5.11 Å². The van der Waals surface area contributed by atoms with E-state index in [1.807, 2.05) is 0 Å². The number of benzene rings is 1. The normalized spacial score (nSPS) is 15.8. The third-order valence-electron chi connectivity index (χ3n) is 2.87. The van der Waals surface area contributed by atoms with Crippen molar-refractivity contribution in [3.8, 4) is 11.8 Å². The summed E-state index contributed by atoms with van der Waals surface area (Å²) in [5, 5.41) is 9.09. The molecule has 1 saturated carbocycles. The van der Waals surface area contributed by atoms with Crippen molar-refractivity contribution in [2.45, 2.75) is 18.3 Å². The summed E-state index contributed by atoms with van der Waals surface area (Å²) >= 11 is 0. The van der Waals surface area contributed by atoms with E-state index in [9.17, 15) is 9.59 Å². The largest absolute Gasteiger partial charge is 0.481 e. The topological polar surface area (TPSA) is 54.4 Å². The molecule has 0 unspecified atom stereocenters. The molecular weight excluding hydrogens is 204 g/mol. The molecule has 16 heavy (non-hydrogen) atoms. The molecule has 0 radical (unpaired) electrons. The number of carbonyl (C=O) groups is 2. The average molecular weight is 214 g/mol. The van der Waals surface area contributed by atoms with Crippen LogP contribution in [0.25, 0.3) is 0 Å². The number of carboxylic acid groups (broad SMARTS) is 1. The van der Waals surface area contributed by atoms with Crippen LogP contribution in [0.15, 0.2) is 24.3 Å². The monoisotopic (exact) mass is 214 g/mol. The van der Waals surface area contributed by atoms with Gasteiger partial charge in [0.05, 0.1) is 5.41 Å². The number of rotatable bonds is 2. The first-order chi connectivity index (χ1) is 7.69. The van der Waals surface area contributed by atoms with E-state index >= 15 is 0 Å². The van der Waals surface area contributed by atoms with Gasteiger partial charge in [-0.15, -0.1) is 0 Å². The highest BCUT2D eigenvalue weighted by Crippen LogP contribution is 2.48. The van der Waals surface area contributed by atoms with E-state index in [4.69, 9.17) is 5.11 Å². The highest BCUT2D eigenvalue weighted by molar-refractivity contribution is 5.85. The minimum atomic E-state index is -0.765. The van der Waals surface area contributed by atoms with E-state index in [1.165, 1.54) is 0 Å². The second-order valence-electron chi connectivity index (χ2n) is 3.85. The van der Waals surface area contributed by atoms with Gasteiger partial charge in [-0.05, 0) is 36.5 Å². The first-order valence-electron chi connectivity index (χ1n) is 4.98. The molecule has 1 N–H and O–H groups in total. The summed E-state index contributed by atoms with van der Waals surface area (Å²) in [6.07, 6.45) is 1.93. The molecule has 0 spiro atoms. The van der Waals surface area contributed by atoms with Gasteiger partial charge in [-0.1, -0.05) is 18.1 Å². The van der Waals surface area contributed by atoms with Gasteiger partial charge in [0.25, 0.3) is 0 Å². The van der Waals surface area contributed by atoms with Crippen LogP contribution in [-0.4, -0.2) is 17.4 Å². The number of aldehydes is 1. The maximum absolute atomic E-state index is 11.1. The van der Waals surface area contributed by atoms with Gasteiger partial charge in [-0.25, -0.2) is 0 Å². The van der Waals surface area contributed by atoms with Crippen LogP contribution < -0.4 is 0 Å². The molecule has 3 heteroatoms. The SMILES string of the molecule is O=CC#Cc1ccc(C2(C(=O)O)CC2)cc1. The molecule has 2 rings (SSSR count). The zero-order valence-corrected chi connectivity index (χ0v) is 8.56. The van der Waals surface area contributed by atoms with Crippen LogP contribution in [0.5, 0.6) is 0 Å². The summed E-state index contributed by atoms with van der Waals surface area (Å²) in [4.78, 5) is 21.1. The summed E-state index contributed by atoms with van der Waals surface area (Å²) < 4.78 is 0. The first kappa shape index (κ1) is 10.4. The van der Waals surface area contributed by atoms with Crippen LogP contribution in [0, 0.1) is 11.8 Å². The Morgan fingerprint density at radius 3 is 2.38 bits per heavy atom. The predicted molar refractivity (Wildman–Crippen MR) is 57.9 cm³/mol. The number of aliphatic carboxylic acids is 1. The Morgan fingerprint density at radius 1 is 1.31 bits per heavy atom. The molecule has 0 atom stereocenters. The lowest BCUT2D eigenvalue weighted by molar-refractivity contribution is -0.140. The van der Waals surface area contributed by atoms with Gasteiger partial charge in [0, 0.05) is 5.56 Å². The molecule has 0 aromatic heterocycles. The molecule has 1 aliphatic rings. The van der Waals surface area contributed by atoms with Crippen molar-refractivity contribution in [1.82, 2.24) is 0 Å². The van der Waals surface area contributed by atoms with Crippen molar-refractivity contribution in [1.29, 1.82) is 0 Å². The molecule has 1 fully saturated rings. The fourth-order valence-electron chi connectivity index (χ4n) is 1.74. The second-order valence-corrected chi connectivity index (χ2v) is 3.85. The van der Waals surface area contributed by atoms with Gasteiger partial charge in [0.2, 0.25) is 0 Å². The lowest BCUT2D eigenvalue weighted by Gasteiger charge is -2.09. The van der Waals surface area contributed by atoms with Crippen LogP contribution in [0.4, 0.5) is 0 Å². The van der Waals surface area contributed by atoms with E-state index < -0.39 is 11.4 Å². The number of carbonyl (C=O) groups excluding carboxylic acids is 1. The number of carboxylic acids is 1. The smallest absolute Gasteiger partial charge is 0.314 e. The van der Waals surface area contributed by atoms with Crippen molar-refractivity contribution < 1.29 is 14.7 Å². The highest BCUT2D eigenvalue weighted by Gasteiger charge is 2.51. The molecular formula is C13H10O3. The van der Waals surface area contributed by atoms with Gasteiger partial charge in [0.15, 0.2) is 6.29 Å². The summed E-state index contributed by atoms with van der Waals surface area (Å²) in [5.41, 5.74) is 0.866. The average Bonchev–Trinajstić information content (AvgIpc) is 3.08. The molecule has 1 aromatic rings. The zero-order valence-electron chi connectivity index (χ0n) is 8.56. The van der Waals surface area contributed by atoms with Gasteiger partial charge in [-0.3, -0.25) is 9.59 Å². The molecule has 0 saturated heterocycles. The number of hydrogen-bond donors (Lipinski definition) is 1. The lowest BCUT2D eigenvalue weighted by atomic mass is 9.95. The van der Waals surface area contributed by atoms with E-state index in [2.05, 4.69) is 11.8 Å². The molecule has 0 amide bonds. The van der Waals surface area contributed by atoms with Crippen LogP contribution in [-0.2, 0) is 15.0 Å². The predicted octanol–water partition coefficient (Wildman–Crippen LogP) is 1.35. The lowest BCUT2D eigenvalue weighted by Crippen LogP contribution is -2.19. The molecule has 3 nitrogen and oxygen atoms in total. The minimum absolute atomic E-state index is 0.535. The fraction of sp³-hybridized carbons (Fsp3) is 0.231. The third-order valence-corrected chi connectivity index (χ3v) is 2.87. The zero-order chi connectivity index (χ0) is 11.6. The van der Waals surface area contributed by atoms with Gasteiger partial charge in [-0.2, -0.15) is 0 Å². The Bertz CT molecular complexity index is 484. The Hall–Kier alpha value is -2.08. The van der Waals surface area contributed by atoms with E-state index in [-0.39, 0.29) is 0 Å². The van der Waals surface area contributed by atoms with E-state index in [0.29, 0.717) is 19.1 Å². The first-order valence-corrected chi connectivity index (χ1v) is 4.98. The molecule has 0 aliphatic heterocycles. The van der Waals surface area contributed by atoms with Crippen molar-refractivity contribution in [2.75, 3.05) is 0 Å². The van der Waals surface area contributed by atoms with Gasteiger partial charge in [0.1, 0.15) is 0 Å². The Morgan fingerprint density at radius 2 is 1.94 bits per heavy atom. The van der Waals surface area contributed by atoms with Crippen molar-refractivity contribution in [3.05, 3.63) is 35.4 Å². The van der Waals surface area contributed by atoms with E-state index in [1.54, 1.807) is 24.3 Å². The van der Waals surface area contributed by atoms with Gasteiger partial charge >= 0.3 is 5.97 Å². The maximum Gasteiger partial charge on any atom is 0.314 e. The molecule has 0 bridgehead atoms. The molecule has 1 aromatic carbocycles. The standard InChI is InChI=1S/C13H10O3/c14-9-1-2-10-3-5-11(6-4-10)13(7-8-13)12(15)16/h3-6,9H,7-8H2,(H,15,16). The van der Waals surface area contributed by atoms with Crippen molar-refractivity contribution >= 4 is 12.3 Å².